The Labute approximate surface area is 121 Å². The van der Waals surface area contributed by atoms with Crippen molar-refractivity contribution in [3.05, 3.63) is 52.4 Å². The molecule has 1 aromatic heterocycles. The van der Waals surface area contributed by atoms with Crippen LogP contribution in [0.4, 0.5) is 5.69 Å². The van der Waals surface area contributed by atoms with Gasteiger partial charge < -0.3 is 9.32 Å². The number of anilines is 1. The van der Waals surface area contributed by atoms with Crippen molar-refractivity contribution < 1.29 is 9.21 Å². The number of nitrogens with zero attached hydrogens (tertiary/aromatic N) is 1. The van der Waals surface area contributed by atoms with Crippen LogP contribution in [0.15, 0.2) is 45.5 Å². The molecule has 0 saturated carbocycles. The van der Waals surface area contributed by atoms with Gasteiger partial charge in [-0.05, 0) is 44.2 Å². The van der Waals surface area contributed by atoms with Crippen molar-refractivity contribution in [2.45, 2.75) is 20.4 Å². The minimum atomic E-state index is 0.0698. The van der Waals surface area contributed by atoms with Crippen molar-refractivity contribution in [3.8, 4) is 0 Å². The van der Waals surface area contributed by atoms with Crippen LogP contribution in [0.5, 0.6) is 0 Å². The summed E-state index contributed by atoms with van der Waals surface area (Å²) in [5, 5.41) is 0. The molecule has 0 spiro atoms. The quantitative estimate of drug-likeness (QED) is 0.771. The molecule has 2 rings (SSSR count). The van der Waals surface area contributed by atoms with Crippen LogP contribution < -0.4 is 4.90 Å². The summed E-state index contributed by atoms with van der Waals surface area (Å²) in [5.41, 5.74) is 1.66. The Hall–Kier alpha value is -1.55. The monoisotopic (exact) mass is 321 g/mol. The number of furan rings is 1. The molecule has 0 aliphatic heterocycles. The topological polar surface area (TPSA) is 33.5 Å². The summed E-state index contributed by atoms with van der Waals surface area (Å²) in [6, 6.07) is 9.53. The van der Waals surface area contributed by atoms with Gasteiger partial charge in [0.05, 0.1) is 12.8 Å². The Kier molecular flexibility index (Phi) is 4.43. The van der Waals surface area contributed by atoms with Crippen molar-refractivity contribution >= 4 is 27.4 Å². The second-order valence-electron chi connectivity index (χ2n) is 4.31. The smallest absolute Gasteiger partial charge is 0.161 e. The highest BCUT2D eigenvalue weighted by molar-refractivity contribution is 9.10. The number of ketones is 1. The van der Waals surface area contributed by atoms with E-state index < -0.39 is 0 Å². The Balaban J connectivity index is 2.36. The number of halogens is 1. The lowest BCUT2D eigenvalue weighted by atomic mass is 10.1. The summed E-state index contributed by atoms with van der Waals surface area (Å²) in [5.74, 6) is 0.955. The average Bonchev–Trinajstić information content (AvgIpc) is 2.88. The van der Waals surface area contributed by atoms with Gasteiger partial charge in [-0.1, -0.05) is 15.9 Å². The number of Topliss-reactive ketones (excluding diaryl/α,β-unsaturated/α-hetero) is 1. The molecule has 0 amide bonds. The standard InChI is InChI=1S/C15H16BrNO2/c1-3-17(10-13-5-4-8-19-13)15-9-12(16)6-7-14(15)11(2)18/h4-9H,3,10H2,1-2H3. The molecule has 0 aliphatic carbocycles. The number of benzene rings is 1. The lowest BCUT2D eigenvalue weighted by molar-refractivity contribution is 0.101. The van der Waals surface area contributed by atoms with Gasteiger partial charge in [0.15, 0.2) is 5.78 Å². The molecule has 0 bridgehead atoms. The van der Waals surface area contributed by atoms with Crippen LogP contribution in [0.25, 0.3) is 0 Å². The average molecular weight is 322 g/mol. The third-order valence-corrected chi connectivity index (χ3v) is 3.48. The normalized spacial score (nSPS) is 10.5. The van der Waals surface area contributed by atoms with Crippen LogP contribution in [0.2, 0.25) is 0 Å². The van der Waals surface area contributed by atoms with Crippen molar-refractivity contribution in [2.75, 3.05) is 11.4 Å². The maximum Gasteiger partial charge on any atom is 0.161 e. The molecule has 1 aromatic carbocycles. The third kappa shape index (κ3) is 3.26. The van der Waals surface area contributed by atoms with Gasteiger partial charge in [-0.3, -0.25) is 4.79 Å². The Bertz CT molecular complexity index is 564. The predicted octanol–water partition coefficient (Wildman–Crippen LogP) is 4.27. The highest BCUT2D eigenvalue weighted by Crippen LogP contribution is 2.27. The number of rotatable bonds is 5. The van der Waals surface area contributed by atoms with Crippen LogP contribution >= 0.6 is 15.9 Å². The molecule has 0 radical (unpaired) electrons. The highest BCUT2D eigenvalue weighted by atomic mass is 79.9. The number of carbonyl (C=O) groups is 1. The first-order chi connectivity index (χ1) is 9.11. The predicted molar refractivity (Wildman–Crippen MR) is 79.6 cm³/mol. The van der Waals surface area contributed by atoms with Gasteiger partial charge in [0.1, 0.15) is 5.76 Å². The second-order valence-corrected chi connectivity index (χ2v) is 5.23. The molecular weight excluding hydrogens is 306 g/mol. The van der Waals surface area contributed by atoms with E-state index in [1.54, 1.807) is 13.2 Å². The third-order valence-electron chi connectivity index (χ3n) is 2.99. The molecule has 0 atom stereocenters. The molecule has 0 saturated heterocycles. The highest BCUT2D eigenvalue weighted by Gasteiger charge is 2.14. The van der Waals surface area contributed by atoms with Crippen LogP contribution in [-0.2, 0) is 6.54 Å². The minimum Gasteiger partial charge on any atom is -0.467 e. The van der Waals surface area contributed by atoms with Crippen molar-refractivity contribution in [1.82, 2.24) is 0 Å². The van der Waals surface area contributed by atoms with Gasteiger partial charge in [0.2, 0.25) is 0 Å². The molecule has 100 valence electrons. The molecular formula is C15H16BrNO2. The molecule has 0 unspecified atom stereocenters. The minimum absolute atomic E-state index is 0.0698. The second kappa shape index (κ2) is 6.06. The molecule has 4 heteroatoms. The Morgan fingerprint density at radius 2 is 2.16 bits per heavy atom. The van der Waals surface area contributed by atoms with Gasteiger partial charge in [-0.15, -0.1) is 0 Å². The molecule has 0 aliphatic rings. The van der Waals surface area contributed by atoms with E-state index in [0.29, 0.717) is 6.54 Å². The zero-order chi connectivity index (χ0) is 13.8. The summed E-state index contributed by atoms with van der Waals surface area (Å²) in [6.45, 7) is 5.11. The molecule has 0 fully saturated rings. The number of hydrogen-bond donors (Lipinski definition) is 0. The maximum absolute atomic E-state index is 11.7. The van der Waals surface area contributed by atoms with E-state index in [0.717, 1.165) is 28.0 Å². The first-order valence-electron chi connectivity index (χ1n) is 6.19. The molecule has 0 N–H and O–H groups in total. The summed E-state index contributed by atoms with van der Waals surface area (Å²) >= 11 is 3.46. The van der Waals surface area contributed by atoms with Gasteiger partial charge in [0.25, 0.3) is 0 Å². The van der Waals surface area contributed by atoms with Gasteiger partial charge in [-0.2, -0.15) is 0 Å². The molecule has 3 nitrogen and oxygen atoms in total. The molecule has 19 heavy (non-hydrogen) atoms. The zero-order valence-electron chi connectivity index (χ0n) is 11.0. The molecule has 2 aromatic rings. The van der Waals surface area contributed by atoms with Crippen LogP contribution in [0, 0.1) is 0 Å². The van der Waals surface area contributed by atoms with Crippen molar-refractivity contribution in [2.24, 2.45) is 0 Å². The fourth-order valence-electron chi connectivity index (χ4n) is 2.02. The number of hydrogen-bond acceptors (Lipinski definition) is 3. The lowest BCUT2D eigenvalue weighted by Crippen LogP contribution is -2.23. The van der Waals surface area contributed by atoms with Crippen molar-refractivity contribution in [1.29, 1.82) is 0 Å². The van der Waals surface area contributed by atoms with E-state index in [9.17, 15) is 4.79 Å². The van der Waals surface area contributed by atoms with Gasteiger partial charge in [-0.25, -0.2) is 0 Å². The van der Waals surface area contributed by atoms with E-state index in [4.69, 9.17) is 4.42 Å². The largest absolute Gasteiger partial charge is 0.467 e. The first kappa shape index (κ1) is 13.9. The van der Waals surface area contributed by atoms with Crippen LogP contribution in [0.1, 0.15) is 30.0 Å². The summed E-state index contributed by atoms with van der Waals surface area (Å²) in [7, 11) is 0. The summed E-state index contributed by atoms with van der Waals surface area (Å²) in [4.78, 5) is 13.9. The Morgan fingerprint density at radius 1 is 1.37 bits per heavy atom. The van der Waals surface area contributed by atoms with Crippen LogP contribution in [0.3, 0.4) is 0 Å². The maximum atomic E-state index is 11.7. The SMILES string of the molecule is CCN(Cc1ccco1)c1cc(Br)ccc1C(C)=O. The van der Waals surface area contributed by atoms with E-state index in [1.807, 2.05) is 30.3 Å². The first-order valence-corrected chi connectivity index (χ1v) is 6.99. The fraction of sp³-hybridized carbons (Fsp3) is 0.267. The van der Waals surface area contributed by atoms with Gasteiger partial charge in [0, 0.05) is 22.3 Å². The number of carbonyl (C=O) groups excluding carboxylic acids is 1. The van der Waals surface area contributed by atoms with E-state index in [1.165, 1.54) is 0 Å². The van der Waals surface area contributed by atoms with Gasteiger partial charge >= 0.3 is 0 Å². The van der Waals surface area contributed by atoms with Crippen LogP contribution in [-0.4, -0.2) is 12.3 Å². The Morgan fingerprint density at radius 3 is 2.74 bits per heavy atom. The van der Waals surface area contributed by atoms with Crippen molar-refractivity contribution in [3.63, 3.8) is 0 Å². The summed E-state index contributed by atoms with van der Waals surface area (Å²) in [6.07, 6.45) is 1.66. The lowest BCUT2D eigenvalue weighted by Gasteiger charge is -2.24. The van der Waals surface area contributed by atoms with E-state index in [-0.39, 0.29) is 5.78 Å². The fourth-order valence-corrected chi connectivity index (χ4v) is 2.37. The zero-order valence-corrected chi connectivity index (χ0v) is 12.6. The summed E-state index contributed by atoms with van der Waals surface area (Å²) < 4.78 is 6.34. The molecule has 1 heterocycles. The van der Waals surface area contributed by atoms with E-state index >= 15 is 0 Å². The van der Waals surface area contributed by atoms with E-state index in [2.05, 4.69) is 27.8 Å².